The van der Waals surface area contributed by atoms with E-state index in [2.05, 4.69) is 4.90 Å². The highest BCUT2D eigenvalue weighted by atomic mass is 32.2. The van der Waals surface area contributed by atoms with Crippen molar-refractivity contribution in [3.05, 3.63) is 71.4 Å². The number of thiophene rings is 1. The molecule has 2 aliphatic rings. The lowest BCUT2D eigenvalue weighted by Gasteiger charge is -2.36. The molecule has 1 amide bonds. The molecule has 0 atom stereocenters. The lowest BCUT2D eigenvalue weighted by Crippen LogP contribution is -2.51. The maximum atomic E-state index is 13.5. The van der Waals surface area contributed by atoms with Gasteiger partial charge in [-0.25, -0.2) is 12.8 Å². The number of hydrogen-bond acceptors (Lipinski definition) is 7. The molecule has 2 aromatic carbocycles. The number of benzene rings is 2. The van der Waals surface area contributed by atoms with Crippen LogP contribution in [-0.4, -0.2) is 63.6 Å². The van der Waals surface area contributed by atoms with Crippen LogP contribution in [0.2, 0.25) is 0 Å². The summed E-state index contributed by atoms with van der Waals surface area (Å²) in [5.41, 5.74) is 1.34. The lowest BCUT2D eigenvalue weighted by atomic mass is 10.1. The minimum absolute atomic E-state index is 0.128. The average Bonchev–Trinajstić information content (AvgIpc) is 3.56. The number of rotatable bonds is 7. The van der Waals surface area contributed by atoms with Crippen molar-refractivity contribution in [2.75, 3.05) is 43.8 Å². The molecular weight excluding hydrogens is 493 g/mol. The van der Waals surface area contributed by atoms with Gasteiger partial charge in [0.15, 0.2) is 11.5 Å². The number of sulfonamides is 1. The van der Waals surface area contributed by atoms with Crippen molar-refractivity contribution < 1.29 is 27.1 Å². The van der Waals surface area contributed by atoms with E-state index in [1.54, 1.807) is 16.3 Å². The van der Waals surface area contributed by atoms with Crippen LogP contribution in [0.25, 0.3) is 0 Å². The van der Waals surface area contributed by atoms with Gasteiger partial charge < -0.3 is 14.4 Å². The zero-order valence-corrected chi connectivity index (χ0v) is 20.4. The third kappa shape index (κ3) is 5.12. The Morgan fingerprint density at radius 2 is 1.74 bits per heavy atom. The van der Waals surface area contributed by atoms with Crippen LogP contribution >= 0.6 is 11.3 Å². The Balaban J connectivity index is 1.24. The molecular formula is C24H24FN3O5S2. The first kappa shape index (κ1) is 23.6. The Labute approximate surface area is 207 Å². The molecule has 0 aliphatic carbocycles. The van der Waals surface area contributed by atoms with Gasteiger partial charge in [0.1, 0.15) is 16.6 Å². The molecule has 2 aliphatic heterocycles. The summed E-state index contributed by atoms with van der Waals surface area (Å²) in [5, 5.41) is 1.66. The zero-order chi connectivity index (χ0) is 24.4. The molecule has 1 saturated heterocycles. The number of piperazine rings is 1. The Hall–Kier alpha value is -3.15. The first-order chi connectivity index (χ1) is 16.9. The number of ether oxygens (including phenoxy) is 2. The molecule has 1 fully saturated rings. The lowest BCUT2D eigenvalue weighted by molar-refractivity contribution is -0.131. The predicted octanol–water partition coefficient (Wildman–Crippen LogP) is 3.16. The largest absolute Gasteiger partial charge is 0.454 e. The van der Waals surface area contributed by atoms with Crippen molar-refractivity contribution in [3.63, 3.8) is 0 Å². The van der Waals surface area contributed by atoms with Gasteiger partial charge in [-0.3, -0.25) is 14.0 Å². The third-order valence-electron chi connectivity index (χ3n) is 6.00. The van der Waals surface area contributed by atoms with Gasteiger partial charge in [-0.2, -0.15) is 0 Å². The number of hydrogen-bond donors (Lipinski definition) is 0. The van der Waals surface area contributed by atoms with Gasteiger partial charge in [-0.1, -0.05) is 12.1 Å². The topological polar surface area (TPSA) is 79.4 Å². The molecule has 184 valence electrons. The molecule has 5 rings (SSSR count). The first-order valence-corrected chi connectivity index (χ1v) is 13.4. The number of halogens is 1. The van der Waals surface area contributed by atoms with Crippen LogP contribution < -0.4 is 13.8 Å². The van der Waals surface area contributed by atoms with Gasteiger partial charge in [-0.05, 0) is 53.4 Å². The Kier molecular flexibility index (Phi) is 6.63. The fourth-order valence-electron chi connectivity index (χ4n) is 4.12. The molecule has 0 radical (unpaired) electrons. The molecule has 3 heterocycles. The summed E-state index contributed by atoms with van der Waals surface area (Å²) in [5.74, 6) is 0.709. The molecule has 0 bridgehead atoms. The highest BCUT2D eigenvalue weighted by molar-refractivity contribution is 7.94. The van der Waals surface area contributed by atoms with E-state index in [9.17, 15) is 17.6 Å². The molecule has 0 N–H and O–H groups in total. The zero-order valence-electron chi connectivity index (χ0n) is 18.8. The van der Waals surface area contributed by atoms with Crippen LogP contribution in [0.1, 0.15) is 5.56 Å². The number of nitrogens with zero attached hydrogens (tertiary/aromatic N) is 3. The summed E-state index contributed by atoms with van der Waals surface area (Å²) in [7, 11) is -3.96. The van der Waals surface area contributed by atoms with E-state index < -0.39 is 15.8 Å². The molecule has 35 heavy (non-hydrogen) atoms. The van der Waals surface area contributed by atoms with Crippen molar-refractivity contribution in [1.29, 1.82) is 0 Å². The molecule has 3 aromatic rings. The summed E-state index contributed by atoms with van der Waals surface area (Å²) in [4.78, 5) is 17.1. The highest BCUT2D eigenvalue weighted by Crippen LogP contribution is 2.33. The smallest absolute Gasteiger partial charge is 0.274 e. The van der Waals surface area contributed by atoms with Crippen LogP contribution in [0.3, 0.4) is 0 Å². The molecule has 0 unspecified atom stereocenters. The van der Waals surface area contributed by atoms with Crippen molar-refractivity contribution in [3.8, 4) is 11.5 Å². The second kappa shape index (κ2) is 9.84. The van der Waals surface area contributed by atoms with E-state index >= 15 is 0 Å². The second-order valence-corrected chi connectivity index (χ2v) is 11.3. The molecule has 0 saturated carbocycles. The van der Waals surface area contributed by atoms with Gasteiger partial charge in [-0.15, -0.1) is 11.3 Å². The number of amides is 1. The predicted molar refractivity (Wildman–Crippen MR) is 130 cm³/mol. The summed E-state index contributed by atoms with van der Waals surface area (Å²) < 4.78 is 52.0. The van der Waals surface area contributed by atoms with Crippen molar-refractivity contribution in [1.82, 2.24) is 9.80 Å². The average molecular weight is 518 g/mol. The van der Waals surface area contributed by atoms with E-state index in [4.69, 9.17) is 9.47 Å². The third-order valence-corrected chi connectivity index (χ3v) is 9.15. The maximum absolute atomic E-state index is 13.5. The highest BCUT2D eigenvalue weighted by Gasteiger charge is 2.31. The summed E-state index contributed by atoms with van der Waals surface area (Å²) in [6.45, 7) is 2.89. The maximum Gasteiger partial charge on any atom is 0.274 e. The molecule has 11 heteroatoms. The Morgan fingerprint density at radius 1 is 1.00 bits per heavy atom. The minimum Gasteiger partial charge on any atom is -0.454 e. The molecule has 1 aromatic heterocycles. The Bertz CT molecular complexity index is 1290. The van der Waals surface area contributed by atoms with Gasteiger partial charge in [0.05, 0.1) is 5.69 Å². The van der Waals surface area contributed by atoms with Crippen LogP contribution in [-0.2, 0) is 21.4 Å². The van der Waals surface area contributed by atoms with Crippen LogP contribution in [0.4, 0.5) is 10.1 Å². The molecule has 0 spiro atoms. The fraction of sp³-hybridized carbons (Fsp3) is 0.292. The van der Waals surface area contributed by atoms with E-state index in [1.165, 1.54) is 30.3 Å². The number of carbonyl (C=O) groups excluding carboxylic acids is 1. The standard InChI is InChI=1S/C24H24FN3O5S2/c25-19-4-6-20(7-5-19)28(35(30,31)24-2-1-13-34-24)16-23(29)27-11-9-26(10-12-27)15-18-3-8-21-22(14-18)33-17-32-21/h1-8,13-14H,9-12,15-17H2. The number of fused-ring (bicyclic) bond motifs is 1. The van der Waals surface area contributed by atoms with E-state index in [0.29, 0.717) is 32.7 Å². The number of carbonyl (C=O) groups is 1. The van der Waals surface area contributed by atoms with Gasteiger partial charge in [0, 0.05) is 32.7 Å². The van der Waals surface area contributed by atoms with Gasteiger partial charge >= 0.3 is 0 Å². The van der Waals surface area contributed by atoms with E-state index in [-0.39, 0.29) is 29.1 Å². The van der Waals surface area contributed by atoms with Crippen molar-refractivity contribution in [2.45, 2.75) is 10.8 Å². The second-order valence-electron chi connectivity index (χ2n) is 8.26. The summed E-state index contributed by atoms with van der Waals surface area (Å²) in [6.07, 6.45) is 0. The first-order valence-electron chi connectivity index (χ1n) is 11.1. The summed E-state index contributed by atoms with van der Waals surface area (Å²) >= 11 is 1.08. The van der Waals surface area contributed by atoms with Crippen molar-refractivity contribution in [2.24, 2.45) is 0 Å². The van der Waals surface area contributed by atoms with Crippen LogP contribution in [0.5, 0.6) is 11.5 Å². The minimum atomic E-state index is -3.96. The SMILES string of the molecule is O=C(CN(c1ccc(F)cc1)S(=O)(=O)c1cccs1)N1CCN(Cc2ccc3c(c2)OCO3)CC1. The van der Waals surface area contributed by atoms with Crippen LogP contribution in [0, 0.1) is 5.82 Å². The van der Waals surface area contributed by atoms with Gasteiger partial charge in [0.2, 0.25) is 12.7 Å². The molecule has 8 nitrogen and oxygen atoms in total. The van der Waals surface area contributed by atoms with E-state index in [0.717, 1.165) is 32.7 Å². The number of anilines is 1. The normalized spacial score (nSPS) is 15.9. The van der Waals surface area contributed by atoms with Crippen LogP contribution in [0.15, 0.2) is 64.2 Å². The van der Waals surface area contributed by atoms with E-state index in [1.807, 2.05) is 18.2 Å². The fourth-order valence-corrected chi connectivity index (χ4v) is 6.64. The Morgan fingerprint density at radius 3 is 2.46 bits per heavy atom. The summed E-state index contributed by atoms with van der Waals surface area (Å²) in [6, 6.07) is 14.1. The quantitative estimate of drug-likeness (QED) is 0.479. The van der Waals surface area contributed by atoms with Crippen molar-refractivity contribution >= 4 is 33.0 Å². The monoisotopic (exact) mass is 517 g/mol. The van der Waals surface area contributed by atoms with Gasteiger partial charge in [0.25, 0.3) is 10.0 Å².